The molecule has 1 heteroatoms. The van der Waals surface area contributed by atoms with Crippen LogP contribution >= 0.6 is 0 Å². The molecule has 1 nitrogen and oxygen atoms in total. The van der Waals surface area contributed by atoms with E-state index < -0.39 is 0 Å². The molecule has 1 rings (SSSR count). The van der Waals surface area contributed by atoms with Crippen molar-refractivity contribution in [2.75, 3.05) is 0 Å². The molecule has 0 bridgehead atoms. The van der Waals surface area contributed by atoms with Crippen LogP contribution in [0.3, 0.4) is 0 Å². The van der Waals surface area contributed by atoms with Gasteiger partial charge in [-0.15, -0.1) is 0 Å². The zero-order valence-electron chi connectivity index (χ0n) is 10.5. The number of rotatable bonds is 7. The van der Waals surface area contributed by atoms with Gasteiger partial charge in [0.25, 0.3) is 0 Å². The van der Waals surface area contributed by atoms with E-state index in [0.717, 1.165) is 12.0 Å². The lowest BCUT2D eigenvalue weighted by molar-refractivity contribution is -0.116. The molecule has 0 spiro atoms. The van der Waals surface area contributed by atoms with Crippen molar-refractivity contribution in [3.8, 4) is 0 Å². The van der Waals surface area contributed by atoms with E-state index >= 15 is 0 Å². The monoisotopic (exact) mass is 218 g/mol. The second kappa shape index (κ2) is 7.21. The van der Waals surface area contributed by atoms with Gasteiger partial charge in [-0.3, -0.25) is 4.79 Å². The van der Waals surface area contributed by atoms with Gasteiger partial charge in [-0.1, -0.05) is 50.5 Å². The quantitative estimate of drug-likeness (QED) is 0.633. The summed E-state index contributed by atoms with van der Waals surface area (Å²) in [5.74, 6) is 0.239. The number of carbonyl (C=O) groups is 1. The summed E-state index contributed by atoms with van der Waals surface area (Å²) in [6.45, 7) is 3.88. The van der Waals surface area contributed by atoms with Gasteiger partial charge in [-0.05, 0) is 30.9 Å². The molecule has 0 heterocycles. The summed E-state index contributed by atoms with van der Waals surface area (Å²) in [7, 11) is 0. The van der Waals surface area contributed by atoms with E-state index in [9.17, 15) is 4.79 Å². The minimum absolute atomic E-state index is 0.239. The summed E-state index contributed by atoms with van der Waals surface area (Å²) in [6.07, 6.45) is 6.90. The van der Waals surface area contributed by atoms with Crippen LogP contribution in [-0.2, 0) is 17.6 Å². The molecule has 0 aliphatic carbocycles. The highest BCUT2D eigenvalue weighted by Gasteiger charge is 1.99. The molecular weight excluding hydrogens is 196 g/mol. The molecule has 0 fully saturated rings. The first-order valence-electron chi connectivity index (χ1n) is 6.29. The van der Waals surface area contributed by atoms with Crippen LogP contribution in [0.5, 0.6) is 0 Å². The topological polar surface area (TPSA) is 17.1 Å². The minimum atomic E-state index is 0.239. The molecule has 0 aromatic heterocycles. The van der Waals surface area contributed by atoms with Crippen LogP contribution in [0.2, 0.25) is 0 Å². The van der Waals surface area contributed by atoms with Crippen LogP contribution in [0.4, 0.5) is 0 Å². The lowest BCUT2D eigenvalue weighted by Gasteiger charge is -2.04. The predicted octanol–water partition coefficient (Wildman–Crippen LogP) is 3.94. The Balaban J connectivity index is 2.44. The Morgan fingerprint density at radius 2 is 1.88 bits per heavy atom. The third-order valence-electron chi connectivity index (χ3n) is 2.76. The number of unbranched alkanes of at least 4 members (excludes halogenated alkanes) is 3. The maximum atomic E-state index is 11.0. The molecule has 0 saturated heterocycles. The fourth-order valence-corrected chi connectivity index (χ4v) is 1.94. The Kier molecular flexibility index (Phi) is 5.84. The standard InChI is InChI=1S/C15H22O/c1-3-4-5-6-8-14-9-7-10-15(12-14)11-13(2)16/h7,9-10,12H,3-6,8,11H2,1-2H3. The number of hydrogen-bond acceptors (Lipinski definition) is 1. The molecule has 88 valence electrons. The first-order valence-corrected chi connectivity index (χ1v) is 6.29. The van der Waals surface area contributed by atoms with Gasteiger partial charge in [0.15, 0.2) is 0 Å². The predicted molar refractivity (Wildman–Crippen MR) is 68.7 cm³/mol. The molecule has 0 aliphatic heterocycles. The number of aryl methyl sites for hydroxylation is 1. The zero-order chi connectivity index (χ0) is 11.8. The van der Waals surface area contributed by atoms with Gasteiger partial charge in [-0.25, -0.2) is 0 Å². The Morgan fingerprint density at radius 1 is 1.12 bits per heavy atom. The van der Waals surface area contributed by atoms with E-state index in [1.54, 1.807) is 6.92 Å². The van der Waals surface area contributed by atoms with Gasteiger partial charge in [0.1, 0.15) is 5.78 Å². The van der Waals surface area contributed by atoms with Gasteiger partial charge >= 0.3 is 0 Å². The van der Waals surface area contributed by atoms with Crippen LogP contribution in [-0.4, -0.2) is 5.78 Å². The zero-order valence-corrected chi connectivity index (χ0v) is 10.5. The van der Waals surface area contributed by atoms with E-state index in [2.05, 4.69) is 25.1 Å². The number of hydrogen-bond donors (Lipinski definition) is 0. The summed E-state index contributed by atoms with van der Waals surface area (Å²) in [4.78, 5) is 11.0. The highest BCUT2D eigenvalue weighted by Crippen LogP contribution is 2.11. The van der Waals surface area contributed by atoms with Crippen molar-refractivity contribution in [2.45, 2.75) is 52.4 Å². The molecule has 0 radical (unpaired) electrons. The average Bonchev–Trinajstić information content (AvgIpc) is 2.24. The second-order valence-electron chi connectivity index (χ2n) is 4.51. The third-order valence-corrected chi connectivity index (χ3v) is 2.76. The molecule has 0 aliphatic rings. The van der Waals surface area contributed by atoms with Crippen molar-refractivity contribution < 1.29 is 4.79 Å². The van der Waals surface area contributed by atoms with Gasteiger partial charge in [0.05, 0.1) is 0 Å². The van der Waals surface area contributed by atoms with E-state index in [1.807, 2.05) is 6.07 Å². The molecule has 0 atom stereocenters. The number of Topliss-reactive ketones (excluding diaryl/α,β-unsaturated/α-hetero) is 1. The Morgan fingerprint density at radius 3 is 2.56 bits per heavy atom. The van der Waals surface area contributed by atoms with Crippen molar-refractivity contribution in [3.05, 3.63) is 35.4 Å². The summed E-state index contributed by atoms with van der Waals surface area (Å²) in [6, 6.07) is 8.44. The highest BCUT2D eigenvalue weighted by molar-refractivity contribution is 5.78. The molecule has 16 heavy (non-hydrogen) atoms. The fraction of sp³-hybridized carbons (Fsp3) is 0.533. The molecule has 0 N–H and O–H groups in total. The SMILES string of the molecule is CCCCCCc1cccc(CC(C)=O)c1. The molecule has 1 aromatic carbocycles. The number of benzene rings is 1. The van der Waals surface area contributed by atoms with Crippen molar-refractivity contribution in [2.24, 2.45) is 0 Å². The van der Waals surface area contributed by atoms with E-state index in [-0.39, 0.29) is 5.78 Å². The maximum absolute atomic E-state index is 11.0. The van der Waals surface area contributed by atoms with E-state index in [1.165, 1.54) is 31.2 Å². The molecular formula is C15H22O. The largest absolute Gasteiger partial charge is 0.300 e. The Bertz CT molecular complexity index is 328. The Labute approximate surface area is 98.9 Å². The first-order chi connectivity index (χ1) is 7.72. The number of carbonyl (C=O) groups excluding carboxylic acids is 1. The van der Waals surface area contributed by atoms with Crippen LogP contribution in [0.15, 0.2) is 24.3 Å². The van der Waals surface area contributed by atoms with Crippen molar-refractivity contribution in [1.29, 1.82) is 0 Å². The maximum Gasteiger partial charge on any atom is 0.134 e. The van der Waals surface area contributed by atoms with Crippen molar-refractivity contribution in [3.63, 3.8) is 0 Å². The molecule has 1 aromatic rings. The average molecular weight is 218 g/mol. The van der Waals surface area contributed by atoms with Crippen molar-refractivity contribution in [1.82, 2.24) is 0 Å². The Hall–Kier alpha value is -1.11. The minimum Gasteiger partial charge on any atom is -0.300 e. The van der Waals surface area contributed by atoms with Gasteiger partial charge in [0, 0.05) is 6.42 Å². The first kappa shape index (κ1) is 13.0. The van der Waals surface area contributed by atoms with Crippen LogP contribution in [0.1, 0.15) is 50.7 Å². The van der Waals surface area contributed by atoms with Gasteiger partial charge in [0.2, 0.25) is 0 Å². The molecule has 0 unspecified atom stereocenters. The third kappa shape index (κ3) is 5.11. The lowest BCUT2D eigenvalue weighted by Crippen LogP contribution is -1.97. The van der Waals surface area contributed by atoms with Crippen LogP contribution in [0.25, 0.3) is 0 Å². The smallest absolute Gasteiger partial charge is 0.134 e. The second-order valence-corrected chi connectivity index (χ2v) is 4.51. The molecule has 0 amide bonds. The van der Waals surface area contributed by atoms with Crippen LogP contribution < -0.4 is 0 Å². The highest BCUT2D eigenvalue weighted by atomic mass is 16.1. The number of ketones is 1. The normalized spacial score (nSPS) is 10.4. The molecule has 0 saturated carbocycles. The summed E-state index contributed by atoms with van der Waals surface area (Å²) in [5, 5.41) is 0. The van der Waals surface area contributed by atoms with E-state index in [0.29, 0.717) is 6.42 Å². The van der Waals surface area contributed by atoms with Gasteiger partial charge in [-0.2, -0.15) is 0 Å². The fourth-order valence-electron chi connectivity index (χ4n) is 1.94. The van der Waals surface area contributed by atoms with Crippen LogP contribution in [0, 0.1) is 0 Å². The van der Waals surface area contributed by atoms with Crippen molar-refractivity contribution >= 4 is 5.78 Å². The van der Waals surface area contributed by atoms with Gasteiger partial charge < -0.3 is 0 Å². The summed E-state index contributed by atoms with van der Waals surface area (Å²) in [5.41, 5.74) is 2.52. The van der Waals surface area contributed by atoms with E-state index in [4.69, 9.17) is 0 Å². The lowest BCUT2D eigenvalue weighted by atomic mass is 10.0. The summed E-state index contributed by atoms with van der Waals surface area (Å²) < 4.78 is 0. The summed E-state index contributed by atoms with van der Waals surface area (Å²) >= 11 is 0.